The lowest BCUT2D eigenvalue weighted by Crippen LogP contribution is -2.18. The van der Waals surface area contributed by atoms with Gasteiger partial charge in [-0.05, 0) is 55.7 Å². The van der Waals surface area contributed by atoms with Crippen LogP contribution in [-0.2, 0) is 11.2 Å². The van der Waals surface area contributed by atoms with E-state index >= 15 is 0 Å². The summed E-state index contributed by atoms with van der Waals surface area (Å²) in [6.45, 7) is 3.64. The van der Waals surface area contributed by atoms with E-state index in [0.29, 0.717) is 5.69 Å². The number of unbranched alkanes of at least 4 members (excludes halogenated alkanes) is 1. The molecule has 22 heavy (non-hydrogen) atoms. The topological polar surface area (TPSA) is 48.3 Å². The molecule has 0 N–H and O–H groups in total. The van der Waals surface area contributed by atoms with Gasteiger partial charge in [0, 0.05) is 6.92 Å². The van der Waals surface area contributed by atoms with Gasteiger partial charge in [-0.1, -0.05) is 19.4 Å². The Morgan fingerprint density at radius 3 is 2.64 bits per heavy atom. The summed E-state index contributed by atoms with van der Waals surface area (Å²) in [5, 5.41) is 0. The first-order chi connectivity index (χ1) is 10.6. The molecule has 4 heteroatoms. The molecule has 0 fully saturated rings. The van der Waals surface area contributed by atoms with Crippen LogP contribution in [0, 0.1) is 0 Å². The van der Waals surface area contributed by atoms with Crippen LogP contribution >= 0.6 is 0 Å². The van der Waals surface area contributed by atoms with Crippen LogP contribution in [0.25, 0.3) is 5.57 Å². The average molecular weight is 303 g/mol. The Labute approximate surface area is 132 Å². The number of ether oxygens (including phenoxy) is 1. The monoisotopic (exact) mass is 303 g/mol. The quantitative estimate of drug-likeness (QED) is 0.765. The number of allylic oxidation sites excluding steroid dienone is 2. The molecule has 1 heterocycles. The van der Waals surface area contributed by atoms with Gasteiger partial charge in [-0.2, -0.15) is 0 Å². The fourth-order valence-corrected chi connectivity index (χ4v) is 3.10. The second kappa shape index (κ2) is 7.43. The smallest absolute Gasteiger partial charge is 0.355 e. The van der Waals surface area contributed by atoms with Gasteiger partial charge in [-0.3, -0.25) is 9.36 Å². The molecule has 1 aromatic heterocycles. The Balaban J connectivity index is 2.58. The second-order valence-corrected chi connectivity index (χ2v) is 5.83. The average Bonchev–Trinajstić information content (AvgIpc) is 2.92. The Morgan fingerprint density at radius 1 is 1.32 bits per heavy atom. The molecule has 1 aliphatic rings. The van der Waals surface area contributed by atoms with Gasteiger partial charge in [0.25, 0.3) is 0 Å². The SMILES string of the molecule is CCCCc1cc(C(=O)OC)n(C(C)=O)c1C1=CCCCC1. The summed E-state index contributed by atoms with van der Waals surface area (Å²) in [4.78, 5) is 24.2. The van der Waals surface area contributed by atoms with Crippen LogP contribution in [0.15, 0.2) is 12.1 Å². The first kappa shape index (κ1) is 16.5. The van der Waals surface area contributed by atoms with Crippen molar-refractivity contribution in [2.75, 3.05) is 7.11 Å². The molecule has 0 atom stereocenters. The third kappa shape index (κ3) is 3.32. The molecule has 0 saturated carbocycles. The van der Waals surface area contributed by atoms with E-state index < -0.39 is 5.97 Å². The molecule has 0 saturated heterocycles. The molecule has 120 valence electrons. The number of hydrogen-bond acceptors (Lipinski definition) is 3. The summed E-state index contributed by atoms with van der Waals surface area (Å²) in [6.07, 6.45) is 9.56. The molecular formula is C18H25NO3. The van der Waals surface area contributed by atoms with Crippen molar-refractivity contribution in [2.24, 2.45) is 0 Å². The molecule has 0 radical (unpaired) electrons. The molecule has 1 aliphatic carbocycles. The number of carbonyl (C=O) groups is 2. The molecule has 0 aromatic carbocycles. The van der Waals surface area contributed by atoms with Crippen molar-refractivity contribution in [3.63, 3.8) is 0 Å². The van der Waals surface area contributed by atoms with Crippen molar-refractivity contribution >= 4 is 17.4 Å². The van der Waals surface area contributed by atoms with E-state index in [-0.39, 0.29) is 5.91 Å². The summed E-state index contributed by atoms with van der Waals surface area (Å²) in [5.74, 6) is -0.583. The van der Waals surface area contributed by atoms with Crippen molar-refractivity contribution in [1.29, 1.82) is 0 Å². The predicted molar refractivity (Wildman–Crippen MR) is 87.1 cm³/mol. The number of carbonyl (C=O) groups excluding carboxylic acids is 2. The summed E-state index contributed by atoms with van der Waals surface area (Å²) in [6, 6.07) is 1.84. The van der Waals surface area contributed by atoms with Gasteiger partial charge < -0.3 is 4.74 Å². The fraction of sp³-hybridized carbons (Fsp3) is 0.556. The molecule has 4 nitrogen and oxygen atoms in total. The highest BCUT2D eigenvalue weighted by molar-refractivity contribution is 5.96. The van der Waals surface area contributed by atoms with Crippen molar-refractivity contribution < 1.29 is 14.3 Å². The molecular weight excluding hydrogens is 278 g/mol. The van der Waals surface area contributed by atoms with E-state index in [1.807, 2.05) is 6.07 Å². The zero-order valence-electron chi connectivity index (χ0n) is 13.8. The highest BCUT2D eigenvalue weighted by Crippen LogP contribution is 2.32. The van der Waals surface area contributed by atoms with Crippen LogP contribution in [0.2, 0.25) is 0 Å². The maximum Gasteiger partial charge on any atom is 0.355 e. The molecule has 0 amide bonds. The maximum atomic E-state index is 12.2. The second-order valence-electron chi connectivity index (χ2n) is 5.83. The minimum atomic E-state index is -0.449. The van der Waals surface area contributed by atoms with Gasteiger partial charge in [-0.15, -0.1) is 0 Å². The van der Waals surface area contributed by atoms with Gasteiger partial charge in [0.1, 0.15) is 5.69 Å². The third-order valence-electron chi connectivity index (χ3n) is 4.18. The summed E-state index contributed by atoms with van der Waals surface area (Å²) < 4.78 is 6.41. The Kier molecular flexibility index (Phi) is 5.58. The van der Waals surface area contributed by atoms with Crippen LogP contribution in [0.3, 0.4) is 0 Å². The Morgan fingerprint density at radius 2 is 2.09 bits per heavy atom. The lowest BCUT2D eigenvalue weighted by atomic mass is 9.94. The molecule has 0 bridgehead atoms. The number of methoxy groups -OCH3 is 1. The zero-order valence-corrected chi connectivity index (χ0v) is 13.8. The maximum absolute atomic E-state index is 12.2. The standard InChI is InChI=1S/C18H25NO3/c1-4-5-9-15-12-16(18(21)22-3)19(13(2)20)17(15)14-10-7-6-8-11-14/h10,12H,4-9,11H2,1-3H3. The molecule has 0 spiro atoms. The van der Waals surface area contributed by atoms with E-state index in [9.17, 15) is 9.59 Å². The number of nitrogens with zero attached hydrogens (tertiary/aromatic N) is 1. The summed E-state index contributed by atoms with van der Waals surface area (Å²) in [5.41, 5.74) is 3.57. The minimum Gasteiger partial charge on any atom is -0.464 e. The van der Waals surface area contributed by atoms with Crippen LogP contribution in [0.5, 0.6) is 0 Å². The van der Waals surface area contributed by atoms with Gasteiger partial charge >= 0.3 is 5.97 Å². The van der Waals surface area contributed by atoms with Gasteiger partial charge in [0.15, 0.2) is 0 Å². The van der Waals surface area contributed by atoms with Crippen LogP contribution in [-0.4, -0.2) is 23.6 Å². The normalized spacial score (nSPS) is 14.6. The third-order valence-corrected chi connectivity index (χ3v) is 4.18. The largest absolute Gasteiger partial charge is 0.464 e. The van der Waals surface area contributed by atoms with E-state index in [4.69, 9.17) is 4.74 Å². The predicted octanol–water partition coefficient (Wildman–Crippen LogP) is 4.23. The van der Waals surface area contributed by atoms with E-state index in [0.717, 1.165) is 49.8 Å². The highest BCUT2D eigenvalue weighted by Gasteiger charge is 2.25. The Hall–Kier alpha value is -1.84. The van der Waals surface area contributed by atoms with E-state index in [2.05, 4.69) is 13.0 Å². The van der Waals surface area contributed by atoms with Crippen molar-refractivity contribution in [1.82, 2.24) is 4.57 Å². The number of esters is 1. The minimum absolute atomic E-state index is 0.135. The molecule has 1 aromatic rings. The number of rotatable bonds is 5. The molecule has 0 aliphatic heterocycles. The molecule has 2 rings (SSSR count). The summed E-state index contributed by atoms with van der Waals surface area (Å²) in [7, 11) is 1.35. The van der Waals surface area contributed by atoms with Crippen LogP contribution in [0.1, 0.15) is 78.9 Å². The molecule has 0 unspecified atom stereocenters. The lowest BCUT2D eigenvalue weighted by molar-refractivity contribution is 0.0582. The number of aryl methyl sites for hydroxylation is 1. The van der Waals surface area contributed by atoms with E-state index in [1.54, 1.807) is 4.57 Å². The number of hydrogen-bond donors (Lipinski definition) is 0. The van der Waals surface area contributed by atoms with Crippen molar-refractivity contribution in [3.8, 4) is 0 Å². The fourth-order valence-electron chi connectivity index (χ4n) is 3.10. The first-order valence-electron chi connectivity index (χ1n) is 8.13. The Bertz CT molecular complexity index is 596. The zero-order chi connectivity index (χ0) is 16.1. The highest BCUT2D eigenvalue weighted by atomic mass is 16.5. The summed E-state index contributed by atoms with van der Waals surface area (Å²) >= 11 is 0. The van der Waals surface area contributed by atoms with Gasteiger partial charge in [-0.25, -0.2) is 4.79 Å². The van der Waals surface area contributed by atoms with Crippen molar-refractivity contribution in [2.45, 2.75) is 58.8 Å². The van der Waals surface area contributed by atoms with Gasteiger partial charge in [0.05, 0.1) is 12.8 Å². The lowest BCUT2D eigenvalue weighted by Gasteiger charge is -2.17. The number of aromatic nitrogens is 1. The van der Waals surface area contributed by atoms with E-state index in [1.165, 1.54) is 26.0 Å². The van der Waals surface area contributed by atoms with Crippen LogP contribution in [0.4, 0.5) is 0 Å². The first-order valence-corrected chi connectivity index (χ1v) is 8.13. The van der Waals surface area contributed by atoms with Crippen LogP contribution < -0.4 is 0 Å². The van der Waals surface area contributed by atoms with Crippen molar-refractivity contribution in [3.05, 3.63) is 29.1 Å². The van der Waals surface area contributed by atoms with Gasteiger partial charge in [0.2, 0.25) is 5.91 Å².